The smallest absolute Gasteiger partial charge is 0.188 e. The normalized spacial score (nSPS) is 14.4. The number of aromatic nitrogens is 2. The second kappa shape index (κ2) is 5.82. The predicted molar refractivity (Wildman–Crippen MR) is 78.1 cm³/mol. The highest BCUT2D eigenvalue weighted by molar-refractivity contribution is 7.99. The van der Waals surface area contributed by atoms with E-state index < -0.39 is 0 Å². The average molecular weight is 279 g/mol. The molecule has 3 nitrogen and oxygen atoms in total. The van der Waals surface area contributed by atoms with Gasteiger partial charge in [0.05, 0.1) is 5.25 Å². The topological polar surface area (TPSA) is 51.8 Å². The zero-order valence-corrected chi connectivity index (χ0v) is 12.4. The molecule has 0 fully saturated rings. The van der Waals surface area contributed by atoms with Gasteiger partial charge in [0.2, 0.25) is 0 Å². The van der Waals surface area contributed by atoms with E-state index in [2.05, 4.69) is 29.0 Å². The molecular weight excluding hydrogens is 262 g/mol. The third-order valence-electron chi connectivity index (χ3n) is 2.51. The fraction of sp³-hybridized carbons (Fsp3) is 0.385. The third-order valence-corrected chi connectivity index (χ3v) is 5.10. The van der Waals surface area contributed by atoms with Crippen molar-refractivity contribution < 1.29 is 0 Å². The van der Waals surface area contributed by atoms with E-state index in [1.807, 2.05) is 26.2 Å². The van der Waals surface area contributed by atoms with E-state index in [0.29, 0.717) is 0 Å². The molecule has 2 heterocycles. The Hall–Kier alpha value is -0.910. The lowest BCUT2D eigenvalue weighted by Gasteiger charge is -2.17. The van der Waals surface area contributed by atoms with Crippen LogP contribution in [0.3, 0.4) is 0 Å². The van der Waals surface area contributed by atoms with Crippen LogP contribution in [0.4, 0.5) is 0 Å². The number of thiophene rings is 1. The first kappa shape index (κ1) is 13.5. The number of hydrogen-bond donors (Lipinski definition) is 1. The molecule has 0 aromatic carbocycles. The van der Waals surface area contributed by atoms with Crippen LogP contribution in [-0.2, 0) is 0 Å². The fourth-order valence-electron chi connectivity index (χ4n) is 1.59. The molecule has 0 aliphatic heterocycles. The molecule has 0 aliphatic rings. The lowest BCUT2D eigenvalue weighted by molar-refractivity contribution is 0.726. The van der Waals surface area contributed by atoms with Crippen molar-refractivity contribution in [2.45, 2.75) is 37.2 Å². The first-order chi connectivity index (χ1) is 8.56. The van der Waals surface area contributed by atoms with Gasteiger partial charge in [-0.15, -0.1) is 11.3 Å². The Bertz CT molecular complexity index is 505. The molecule has 0 aliphatic carbocycles. The number of hydrogen-bond acceptors (Lipinski definition) is 5. The molecule has 0 radical (unpaired) electrons. The summed E-state index contributed by atoms with van der Waals surface area (Å²) < 4.78 is 0. The second-order valence-electron chi connectivity index (χ2n) is 4.39. The van der Waals surface area contributed by atoms with E-state index in [0.717, 1.165) is 10.7 Å². The predicted octanol–water partition coefficient (Wildman–Crippen LogP) is 3.34. The van der Waals surface area contributed by atoms with Gasteiger partial charge in [0.25, 0.3) is 0 Å². The number of nitrogens with two attached hydrogens (primary N) is 1. The Kier molecular flexibility index (Phi) is 4.37. The molecule has 18 heavy (non-hydrogen) atoms. The minimum absolute atomic E-state index is 0.0675. The van der Waals surface area contributed by atoms with Crippen molar-refractivity contribution >= 4 is 23.1 Å². The van der Waals surface area contributed by atoms with E-state index in [-0.39, 0.29) is 11.3 Å². The first-order valence-corrected chi connectivity index (χ1v) is 7.53. The zero-order chi connectivity index (χ0) is 13.1. The standard InChI is InChI=1S/C13H17N3S2/c1-8-6-15-13(16-7-8)18-12(10(3)14)11-5-4-9(2)17-11/h4-7,10,12H,14H2,1-3H3. The third kappa shape index (κ3) is 3.31. The van der Waals surface area contributed by atoms with Crippen molar-refractivity contribution in [2.75, 3.05) is 0 Å². The van der Waals surface area contributed by atoms with Crippen LogP contribution in [0, 0.1) is 13.8 Å². The molecule has 0 bridgehead atoms. The molecule has 0 spiro atoms. The van der Waals surface area contributed by atoms with E-state index in [4.69, 9.17) is 5.73 Å². The Morgan fingerprint density at radius 1 is 1.22 bits per heavy atom. The summed E-state index contributed by atoms with van der Waals surface area (Å²) in [4.78, 5) is 11.3. The minimum atomic E-state index is 0.0675. The number of thioether (sulfide) groups is 1. The Balaban J connectivity index is 2.19. The van der Waals surface area contributed by atoms with Gasteiger partial charge in [-0.25, -0.2) is 9.97 Å². The highest BCUT2D eigenvalue weighted by atomic mass is 32.2. The van der Waals surface area contributed by atoms with E-state index in [9.17, 15) is 0 Å². The summed E-state index contributed by atoms with van der Waals surface area (Å²) in [5.41, 5.74) is 7.16. The lowest BCUT2D eigenvalue weighted by atomic mass is 10.2. The van der Waals surface area contributed by atoms with Crippen molar-refractivity contribution in [1.82, 2.24) is 9.97 Å². The molecular formula is C13H17N3S2. The summed E-state index contributed by atoms with van der Waals surface area (Å²) in [6, 6.07) is 4.35. The van der Waals surface area contributed by atoms with Gasteiger partial charge in [-0.1, -0.05) is 11.8 Å². The lowest BCUT2D eigenvalue weighted by Crippen LogP contribution is -2.22. The van der Waals surface area contributed by atoms with Gasteiger partial charge >= 0.3 is 0 Å². The van der Waals surface area contributed by atoms with Gasteiger partial charge in [-0.2, -0.15) is 0 Å². The summed E-state index contributed by atoms with van der Waals surface area (Å²) in [5, 5.41) is 1.00. The Morgan fingerprint density at radius 2 is 1.89 bits per heavy atom. The Morgan fingerprint density at radius 3 is 2.39 bits per heavy atom. The van der Waals surface area contributed by atoms with Crippen LogP contribution in [-0.4, -0.2) is 16.0 Å². The van der Waals surface area contributed by atoms with Crippen molar-refractivity contribution in [3.05, 3.63) is 39.8 Å². The molecule has 2 aromatic heterocycles. The Labute approximate surface area is 116 Å². The fourth-order valence-corrected chi connectivity index (χ4v) is 3.71. The van der Waals surface area contributed by atoms with Crippen LogP contribution in [0.15, 0.2) is 29.7 Å². The second-order valence-corrected chi connectivity index (χ2v) is 6.82. The summed E-state index contributed by atoms with van der Waals surface area (Å²) >= 11 is 3.43. The van der Waals surface area contributed by atoms with Crippen molar-refractivity contribution in [1.29, 1.82) is 0 Å². The van der Waals surface area contributed by atoms with E-state index >= 15 is 0 Å². The maximum atomic E-state index is 6.09. The molecule has 2 aromatic rings. The van der Waals surface area contributed by atoms with Gasteiger partial charge in [-0.05, 0) is 38.5 Å². The summed E-state index contributed by atoms with van der Waals surface area (Å²) in [5.74, 6) is 0. The largest absolute Gasteiger partial charge is 0.327 e. The monoisotopic (exact) mass is 279 g/mol. The van der Waals surface area contributed by atoms with Crippen LogP contribution >= 0.6 is 23.1 Å². The maximum Gasteiger partial charge on any atom is 0.188 e. The molecule has 0 saturated carbocycles. The van der Waals surface area contributed by atoms with Crippen molar-refractivity contribution in [3.63, 3.8) is 0 Å². The van der Waals surface area contributed by atoms with Crippen molar-refractivity contribution in [2.24, 2.45) is 5.73 Å². The molecule has 2 atom stereocenters. The highest BCUT2D eigenvalue weighted by Gasteiger charge is 2.20. The average Bonchev–Trinajstić information content (AvgIpc) is 2.74. The first-order valence-electron chi connectivity index (χ1n) is 5.83. The number of nitrogens with zero attached hydrogens (tertiary/aromatic N) is 2. The quantitative estimate of drug-likeness (QED) is 0.689. The van der Waals surface area contributed by atoms with Gasteiger partial charge in [0.15, 0.2) is 5.16 Å². The van der Waals surface area contributed by atoms with Gasteiger partial charge in [0.1, 0.15) is 0 Å². The van der Waals surface area contributed by atoms with Gasteiger partial charge in [0, 0.05) is 28.2 Å². The van der Waals surface area contributed by atoms with Crippen LogP contribution in [0.1, 0.15) is 27.5 Å². The maximum absolute atomic E-state index is 6.09. The summed E-state index contributed by atoms with van der Waals surface area (Å²) in [6.45, 7) is 6.13. The number of aryl methyl sites for hydroxylation is 2. The molecule has 2 unspecified atom stereocenters. The van der Waals surface area contributed by atoms with Crippen molar-refractivity contribution in [3.8, 4) is 0 Å². The summed E-state index contributed by atoms with van der Waals surface area (Å²) in [7, 11) is 0. The van der Waals surface area contributed by atoms with Crippen LogP contribution in [0.5, 0.6) is 0 Å². The zero-order valence-electron chi connectivity index (χ0n) is 10.8. The summed E-state index contributed by atoms with van der Waals surface area (Å²) in [6.07, 6.45) is 3.68. The number of rotatable bonds is 4. The van der Waals surface area contributed by atoms with Gasteiger partial charge < -0.3 is 5.73 Å². The van der Waals surface area contributed by atoms with Crippen LogP contribution in [0.25, 0.3) is 0 Å². The SMILES string of the molecule is Cc1cnc(SC(c2ccc(C)s2)C(C)N)nc1. The molecule has 0 amide bonds. The van der Waals surface area contributed by atoms with Crippen LogP contribution < -0.4 is 5.73 Å². The highest BCUT2D eigenvalue weighted by Crippen LogP contribution is 2.38. The van der Waals surface area contributed by atoms with E-state index in [1.54, 1.807) is 23.1 Å². The minimum Gasteiger partial charge on any atom is -0.327 e. The molecule has 96 valence electrons. The molecule has 0 saturated heterocycles. The van der Waals surface area contributed by atoms with Gasteiger partial charge in [-0.3, -0.25) is 0 Å². The molecule has 2 rings (SSSR count). The van der Waals surface area contributed by atoms with E-state index in [1.165, 1.54) is 9.75 Å². The van der Waals surface area contributed by atoms with Crippen LogP contribution in [0.2, 0.25) is 0 Å². The molecule has 5 heteroatoms. The molecule has 2 N–H and O–H groups in total.